The molecule has 6 nitrogen and oxygen atoms in total. The van der Waals surface area contributed by atoms with Gasteiger partial charge in [-0.05, 0) is 29.6 Å². The fourth-order valence-corrected chi connectivity index (χ4v) is 5.05. The molecule has 29 heavy (non-hydrogen) atoms. The highest BCUT2D eigenvalue weighted by Gasteiger charge is 2.27. The molecule has 0 spiro atoms. The summed E-state index contributed by atoms with van der Waals surface area (Å²) in [6.45, 7) is 2.69. The molecule has 0 unspecified atom stereocenters. The summed E-state index contributed by atoms with van der Waals surface area (Å²) in [6.07, 6.45) is 0. The van der Waals surface area contributed by atoms with E-state index >= 15 is 0 Å². The van der Waals surface area contributed by atoms with Crippen molar-refractivity contribution >= 4 is 63.9 Å². The van der Waals surface area contributed by atoms with E-state index in [9.17, 15) is 4.79 Å². The van der Waals surface area contributed by atoms with Gasteiger partial charge < -0.3 is 14.5 Å². The van der Waals surface area contributed by atoms with Gasteiger partial charge in [-0.3, -0.25) is 4.79 Å². The average molecular weight is 471 g/mol. The van der Waals surface area contributed by atoms with Gasteiger partial charge in [-0.1, -0.05) is 29.4 Å². The van der Waals surface area contributed by atoms with Crippen LogP contribution in [0, 0.1) is 0 Å². The van der Waals surface area contributed by atoms with E-state index in [-0.39, 0.29) is 18.3 Å². The maximum absolute atomic E-state index is 12.9. The lowest BCUT2D eigenvalue weighted by molar-refractivity contribution is 0.0690. The third-order valence-electron chi connectivity index (χ3n) is 4.63. The third kappa shape index (κ3) is 4.88. The number of carbonyl (C=O) groups is 1. The van der Waals surface area contributed by atoms with Gasteiger partial charge in [0.05, 0.1) is 23.3 Å². The van der Waals surface area contributed by atoms with E-state index in [0.29, 0.717) is 29.4 Å². The van der Waals surface area contributed by atoms with Crippen molar-refractivity contribution in [3.63, 3.8) is 0 Å². The predicted molar refractivity (Wildman–Crippen MR) is 123 cm³/mol. The number of ether oxygens (including phenoxy) is 1. The van der Waals surface area contributed by atoms with Crippen LogP contribution in [0.1, 0.15) is 15.2 Å². The van der Waals surface area contributed by atoms with E-state index in [1.54, 1.807) is 48.4 Å². The molecule has 2 aromatic rings. The largest absolute Gasteiger partial charge is 0.496 e. The first-order chi connectivity index (χ1) is 13.7. The number of hydrogen-bond acceptors (Lipinski definition) is 7. The number of rotatable bonds is 3. The lowest BCUT2D eigenvalue weighted by Crippen LogP contribution is -2.50. The Morgan fingerprint density at radius 2 is 1.97 bits per heavy atom. The molecule has 1 aromatic carbocycles. The SMILES string of the molecule is COc1ccc(Cl)cc1C(=O)N1CCN(C2=NN=C(c3cccs3)CS2)CC1.Cl. The lowest BCUT2D eigenvalue weighted by atomic mass is 10.1. The molecule has 2 aliphatic heterocycles. The molecule has 1 amide bonds. The highest BCUT2D eigenvalue weighted by atomic mass is 35.5. The molecular formula is C19H20Cl2N4O2S2. The van der Waals surface area contributed by atoms with Gasteiger partial charge in [0.15, 0.2) is 5.17 Å². The van der Waals surface area contributed by atoms with Crippen molar-refractivity contribution in [3.05, 3.63) is 51.2 Å². The topological polar surface area (TPSA) is 57.5 Å². The van der Waals surface area contributed by atoms with Gasteiger partial charge in [0, 0.05) is 37.0 Å². The molecule has 4 rings (SSSR count). The van der Waals surface area contributed by atoms with Gasteiger partial charge in [0.25, 0.3) is 5.91 Å². The number of amidine groups is 1. The van der Waals surface area contributed by atoms with Crippen molar-refractivity contribution in [1.29, 1.82) is 0 Å². The molecule has 154 valence electrons. The molecule has 0 bridgehead atoms. The average Bonchev–Trinajstić information content (AvgIpc) is 3.28. The Bertz CT molecular complexity index is 926. The molecule has 10 heteroatoms. The van der Waals surface area contributed by atoms with Crippen LogP contribution >= 0.6 is 47.1 Å². The van der Waals surface area contributed by atoms with Crippen molar-refractivity contribution in [2.24, 2.45) is 10.2 Å². The van der Waals surface area contributed by atoms with Crippen molar-refractivity contribution in [2.45, 2.75) is 0 Å². The van der Waals surface area contributed by atoms with Gasteiger partial charge in [0.1, 0.15) is 5.75 Å². The number of benzene rings is 1. The van der Waals surface area contributed by atoms with Crippen molar-refractivity contribution in [1.82, 2.24) is 9.80 Å². The van der Waals surface area contributed by atoms with Crippen LogP contribution in [0.3, 0.4) is 0 Å². The fourth-order valence-electron chi connectivity index (χ4n) is 3.13. The first-order valence-electron chi connectivity index (χ1n) is 8.84. The highest BCUT2D eigenvalue weighted by Crippen LogP contribution is 2.26. The monoisotopic (exact) mass is 470 g/mol. The summed E-state index contributed by atoms with van der Waals surface area (Å²) >= 11 is 9.45. The number of thioether (sulfide) groups is 1. The fraction of sp³-hybridized carbons (Fsp3) is 0.316. The van der Waals surface area contributed by atoms with Crippen LogP contribution in [0.25, 0.3) is 0 Å². The number of methoxy groups -OCH3 is 1. The Kier molecular flexibility index (Phi) is 7.45. The number of halogens is 2. The minimum absolute atomic E-state index is 0. The van der Waals surface area contributed by atoms with Crippen LogP contribution in [0.4, 0.5) is 0 Å². The predicted octanol–water partition coefficient (Wildman–Crippen LogP) is 4.10. The van der Waals surface area contributed by atoms with E-state index in [0.717, 1.165) is 29.7 Å². The maximum Gasteiger partial charge on any atom is 0.257 e. The Hall–Kier alpha value is -1.74. The molecule has 0 radical (unpaired) electrons. The van der Waals surface area contributed by atoms with Crippen LogP contribution in [-0.4, -0.2) is 65.6 Å². The Morgan fingerprint density at radius 1 is 1.17 bits per heavy atom. The summed E-state index contributed by atoms with van der Waals surface area (Å²) in [5.74, 6) is 1.30. The number of carbonyl (C=O) groups excluding carboxylic acids is 1. The number of thiophene rings is 1. The standard InChI is InChI=1S/C19H19ClN4O2S2.ClH/c1-26-16-5-4-13(20)11-14(16)18(25)23-6-8-24(9-7-23)19-22-21-15(12-28-19)17-3-2-10-27-17;/h2-5,10-11H,6-9,12H2,1H3;1H. The van der Waals surface area contributed by atoms with Gasteiger partial charge in [0.2, 0.25) is 0 Å². The smallest absolute Gasteiger partial charge is 0.257 e. The van der Waals surface area contributed by atoms with E-state index < -0.39 is 0 Å². The molecule has 3 heterocycles. The maximum atomic E-state index is 12.9. The molecule has 0 aliphatic carbocycles. The molecule has 0 atom stereocenters. The Balaban J connectivity index is 0.00000240. The van der Waals surface area contributed by atoms with Gasteiger partial charge in [-0.15, -0.1) is 28.8 Å². The molecular weight excluding hydrogens is 451 g/mol. The molecule has 2 aliphatic rings. The normalized spacial score (nSPS) is 16.6. The molecule has 1 fully saturated rings. The van der Waals surface area contributed by atoms with Crippen LogP contribution in [0.2, 0.25) is 5.02 Å². The summed E-state index contributed by atoms with van der Waals surface area (Å²) in [5, 5.41) is 12.3. The zero-order chi connectivity index (χ0) is 19.5. The molecule has 0 saturated carbocycles. The second-order valence-corrected chi connectivity index (χ2v) is 8.65. The van der Waals surface area contributed by atoms with Crippen LogP contribution in [-0.2, 0) is 0 Å². The molecule has 1 saturated heterocycles. The summed E-state index contributed by atoms with van der Waals surface area (Å²) in [5.41, 5.74) is 1.52. The second-order valence-electron chi connectivity index (χ2n) is 6.32. The summed E-state index contributed by atoms with van der Waals surface area (Å²) in [6, 6.07) is 9.20. The van der Waals surface area contributed by atoms with Crippen molar-refractivity contribution < 1.29 is 9.53 Å². The van der Waals surface area contributed by atoms with E-state index in [1.807, 2.05) is 16.3 Å². The minimum Gasteiger partial charge on any atom is -0.496 e. The molecule has 0 N–H and O–H groups in total. The van der Waals surface area contributed by atoms with Gasteiger partial charge >= 0.3 is 0 Å². The van der Waals surface area contributed by atoms with Crippen LogP contribution < -0.4 is 4.74 Å². The number of nitrogens with zero attached hydrogens (tertiary/aromatic N) is 4. The van der Waals surface area contributed by atoms with Crippen molar-refractivity contribution in [3.8, 4) is 5.75 Å². The number of amides is 1. The summed E-state index contributed by atoms with van der Waals surface area (Å²) < 4.78 is 5.32. The van der Waals surface area contributed by atoms with Crippen molar-refractivity contribution in [2.75, 3.05) is 39.0 Å². The van der Waals surface area contributed by atoms with Gasteiger partial charge in [-0.25, -0.2) is 0 Å². The molecule has 1 aromatic heterocycles. The highest BCUT2D eigenvalue weighted by molar-refractivity contribution is 8.14. The first kappa shape index (κ1) is 22.0. The van der Waals surface area contributed by atoms with Crippen LogP contribution in [0.15, 0.2) is 45.9 Å². The summed E-state index contributed by atoms with van der Waals surface area (Å²) in [7, 11) is 1.56. The number of hydrogen-bond donors (Lipinski definition) is 0. The lowest BCUT2D eigenvalue weighted by Gasteiger charge is -2.36. The van der Waals surface area contributed by atoms with Crippen LogP contribution in [0.5, 0.6) is 5.75 Å². The zero-order valence-corrected chi connectivity index (χ0v) is 18.9. The van der Waals surface area contributed by atoms with E-state index in [1.165, 1.54) is 4.88 Å². The van der Waals surface area contributed by atoms with E-state index in [4.69, 9.17) is 16.3 Å². The van der Waals surface area contributed by atoms with Gasteiger partial charge in [-0.2, -0.15) is 5.10 Å². The Morgan fingerprint density at radius 3 is 2.59 bits per heavy atom. The summed E-state index contributed by atoms with van der Waals surface area (Å²) in [4.78, 5) is 18.1. The Labute approximate surface area is 189 Å². The van der Waals surface area contributed by atoms with E-state index in [2.05, 4.69) is 21.2 Å². The third-order valence-corrected chi connectivity index (χ3v) is 6.80. The minimum atomic E-state index is -0.0600. The number of piperazine rings is 1. The quantitative estimate of drug-likeness (QED) is 0.677. The first-order valence-corrected chi connectivity index (χ1v) is 11.1. The zero-order valence-electron chi connectivity index (χ0n) is 15.7. The second kappa shape index (κ2) is 9.84.